The van der Waals surface area contributed by atoms with Gasteiger partial charge in [-0.1, -0.05) is 0 Å². The van der Waals surface area contributed by atoms with Crippen molar-refractivity contribution in [3.63, 3.8) is 0 Å². The van der Waals surface area contributed by atoms with E-state index in [4.69, 9.17) is 28.4 Å². The molecule has 280 valence electrons. The van der Waals surface area contributed by atoms with E-state index in [0.717, 1.165) is 0 Å². The summed E-state index contributed by atoms with van der Waals surface area (Å²) in [6.45, 7) is -3.89. The molecule has 16 N–H and O–H groups in total. The van der Waals surface area contributed by atoms with Crippen LogP contribution in [-0.2, 0) is 28.4 Å². The molecule has 0 amide bonds. The molecule has 20 atom stereocenters. The van der Waals surface area contributed by atoms with E-state index in [1.165, 1.54) is 0 Å². The van der Waals surface area contributed by atoms with Gasteiger partial charge in [0, 0.05) is 0 Å². The van der Waals surface area contributed by atoms with E-state index >= 15 is 0 Å². The minimum atomic E-state index is -3.37. The molecule has 48 heavy (non-hydrogen) atoms. The second-order valence-corrected chi connectivity index (χ2v) is 11.7. The summed E-state index contributed by atoms with van der Waals surface area (Å²) in [5.74, 6) is -6.74. The molecular weight excluding hydrogens is 668 g/mol. The maximum absolute atomic E-state index is 10.9. The first kappa shape index (κ1) is 39.5. The predicted molar refractivity (Wildman–Crippen MR) is 140 cm³/mol. The van der Waals surface area contributed by atoms with Gasteiger partial charge in [-0.15, -0.1) is 10.2 Å². The number of hydrogen-bond donors (Lipinski definition) is 16. The zero-order valence-corrected chi connectivity index (χ0v) is 24.7. The van der Waals surface area contributed by atoms with Gasteiger partial charge in [-0.25, -0.2) is 0 Å². The molecule has 4 aliphatic rings. The number of nitrogens with zero attached hydrogens (tertiary/aromatic N) is 2. The lowest BCUT2D eigenvalue weighted by molar-refractivity contribution is -0.393. The van der Waals surface area contributed by atoms with E-state index in [-0.39, 0.29) is 0 Å². The van der Waals surface area contributed by atoms with Crippen molar-refractivity contribution in [3.8, 4) is 0 Å². The van der Waals surface area contributed by atoms with Crippen molar-refractivity contribution in [2.45, 2.75) is 122 Å². The molecule has 0 spiro atoms. The number of ether oxygens (including phenoxy) is 6. The van der Waals surface area contributed by atoms with Crippen molar-refractivity contribution in [1.29, 1.82) is 0 Å². The summed E-state index contributed by atoms with van der Waals surface area (Å²) >= 11 is 0. The van der Waals surface area contributed by atoms with Gasteiger partial charge >= 0.3 is 11.8 Å². The quantitative estimate of drug-likeness (QED) is 0.0935. The van der Waals surface area contributed by atoms with E-state index in [1.54, 1.807) is 0 Å². The minimum absolute atomic E-state index is 0.843. The number of aliphatic hydroxyl groups is 16. The number of rotatable bonds is 10. The fraction of sp³-hybridized carbons (Fsp3) is 1.00. The molecule has 4 aliphatic heterocycles. The van der Waals surface area contributed by atoms with E-state index in [9.17, 15) is 81.7 Å². The van der Waals surface area contributed by atoms with Crippen LogP contribution in [0.4, 0.5) is 0 Å². The molecule has 4 fully saturated rings. The molecular formula is C24H42N2O22. The molecule has 0 aliphatic carbocycles. The molecule has 24 nitrogen and oxygen atoms in total. The number of azo groups is 1. The van der Waals surface area contributed by atoms with Crippen LogP contribution >= 0.6 is 0 Å². The van der Waals surface area contributed by atoms with Gasteiger partial charge in [0.2, 0.25) is 0 Å². The zero-order chi connectivity index (χ0) is 35.9. The highest BCUT2D eigenvalue weighted by Crippen LogP contribution is 2.37. The Morgan fingerprint density at radius 2 is 0.750 bits per heavy atom. The monoisotopic (exact) mass is 710 g/mol. The lowest BCUT2D eigenvalue weighted by Crippen LogP contribution is -2.68. The summed E-state index contributed by atoms with van der Waals surface area (Å²) in [6, 6.07) is 0. The Morgan fingerprint density at radius 1 is 0.438 bits per heavy atom. The normalized spacial score (nSPS) is 53.7. The molecule has 0 aromatic heterocycles. The van der Waals surface area contributed by atoms with Crippen LogP contribution in [0.1, 0.15) is 0 Å². The Morgan fingerprint density at radius 3 is 1.04 bits per heavy atom. The smallest absolute Gasteiger partial charge is 0.315 e. The average Bonchev–Trinajstić information content (AvgIpc) is 3.07. The highest BCUT2D eigenvalue weighted by atomic mass is 16.7. The fourth-order valence-electron chi connectivity index (χ4n) is 5.56. The van der Waals surface area contributed by atoms with E-state index in [2.05, 4.69) is 10.2 Å². The van der Waals surface area contributed by atoms with Crippen LogP contribution in [-0.4, -0.2) is 230 Å². The van der Waals surface area contributed by atoms with Crippen LogP contribution < -0.4 is 0 Å². The predicted octanol–water partition coefficient (Wildman–Crippen LogP) is -10.7. The van der Waals surface area contributed by atoms with Crippen molar-refractivity contribution in [2.24, 2.45) is 10.2 Å². The standard InChI is InChI=1S/C24H42N2O22/c27-1-5-9(31)11(33)13(35)21(43-5)45-17-7(3-29)47-23(41,19(39)15(17)37)25-26-24(42)20(40)16(38)18(8(4-30)48-24)46-22-14(36)12(34)10(32)6(2-28)44-22/h5-22,27-42H,1-4H2/t5-,6-,7-,8-,9+,10+,11+,12+,13-,14-,15+,16+,17-,18-,19-,20-,21+,22+,23+,24+/m1/s1. The summed E-state index contributed by atoms with van der Waals surface area (Å²) in [7, 11) is 0. The second kappa shape index (κ2) is 15.5. The maximum atomic E-state index is 10.9. The lowest BCUT2D eigenvalue weighted by atomic mass is 9.95. The van der Waals surface area contributed by atoms with E-state index in [1.807, 2.05) is 0 Å². The van der Waals surface area contributed by atoms with Gasteiger partial charge in [-0.05, 0) is 0 Å². The SMILES string of the molecule is OC[C@H]1O[C@@H](O[C@H]2[C@H](O)[C@@H](O)[C@@](O)(N=N[C@@]3(O)O[C@H](CO)[C@@H](O[C@@H]4O[C@H](CO)[C@H](O)[C@H](O)[C@H]4O)[C@H](O)[C@H]3O)O[C@@H]2CO)[C@H](O)[C@@H](O)[C@H]1O. The highest BCUT2D eigenvalue weighted by Gasteiger charge is 2.60. The molecule has 4 saturated heterocycles. The Hall–Kier alpha value is -1.28. The molecule has 0 aromatic rings. The molecule has 0 aromatic carbocycles. The van der Waals surface area contributed by atoms with Gasteiger partial charge in [-0.2, -0.15) is 0 Å². The molecule has 0 radical (unpaired) electrons. The van der Waals surface area contributed by atoms with Crippen molar-refractivity contribution >= 4 is 0 Å². The first-order chi connectivity index (χ1) is 22.5. The summed E-state index contributed by atoms with van der Waals surface area (Å²) in [5, 5.41) is 170. The van der Waals surface area contributed by atoms with E-state index in [0.29, 0.717) is 0 Å². The van der Waals surface area contributed by atoms with Gasteiger partial charge in [0.1, 0.15) is 85.5 Å². The first-order valence-corrected chi connectivity index (χ1v) is 14.6. The second-order valence-electron chi connectivity index (χ2n) is 11.7. The van der Waals surface area contributed by atoms with Crippen LogP contribution in [0.25, 0.3) is 0 Å². The average molecular weight is 711 g/mol. The Bertz CT molecular complexity index is 993. The van der Waals surface area contributed by atoms with Crippen LogP contribution in [0.3, 0.4) is 0 Å². The third-order valence-electron chi connectivity index (χ3n) is 8.45. The Kier molecular flexibility index (Phi) is 12.8. The van der Waals surface area contributed by atoms with Crippen LogP contribution in [0.5, 0.6) is 0 Å². The van der Waals surface area contributed by atoms with Gasteiger partial charge in [0.25, 0.3) is 0 Å². The van der Waals surface area contributed by atoms with Crippen molar-refractivity contribution < 1.29 is 110 Å². The Labute approximate surface area is 269 Å². The van der Waals surface area contributed by atoms with Crippen molar-refractivity contribution in [1.82, 2.24) is 0 Å². The summed E-state index contributed by atoms with van der Waals surface area (Å²) in [6.07, 6.45) is -35.1. The van der Waals surface area contributed by atoms with Crippen molar-refractivity contribution in [3.05, 3.63) is 0 Å². The van der Waals surface area contributed by atoms with Crippen LogP contribution in [0, 0.1) is 0 Å². The third kappa shape index (κ3) is 7.37. The maximum Gasteiger partial charge on any atom is 0.315 e. The zero-order valence-electron chi connectivity index (χ0n) is 24.7. The van der Waals surface area contributed by atoms with Crippen molar-refractivity contribution in [2.75, 3.05) is 26.4 Å². The topological polar surface area (TPSA) is 404 Å². The van der Waals surface area contributed by atoms with Gasteiger partial charge in [-0.3, -0.25) is 0 Å². The molecule has 4 rings (SSSR count). The molecule has 4 heterocycles. The molecule has 0 bridgehead atoms. The van der Waals surface area contributed by atoms with Crippen LogP contribution in [0.15, 0.2) is 10.2 Å². The van der Waals surface area contributed by atoms with Crippen LogP contribution in [0.2, 0.25) is 0 Å². The fourth-order valence-corrected chi connectivity index (χ4v) is 5.56. The first-order valence-electron chi connectivity index (χ1n) is 14.6. The molecule has 0 unspecified atom stereocenters. The third-order valence-corrected chi connectivity index (χ3v) is 8.45. The van der Waals surface area contributed by atoms with Gasteiger partial charge < -0.3 is 110 Å². The Balaban J connectivity index is 1.49. The highest BCUT2D eigenvalue weighted by molar-refractivity contribution is 5.00. The van der Waals surface area contributed by atoms with Gasteiger partial charge in [0.05, 0.1) is 26.4 Å². The number of hydrogen-bond acceptors (Lipinski definition) is 24. The number of aliphatic hydroxyl groups excluding tert-OH is 14. The molecule has 0 saturated carbocycles. The summed E-state index contributed by atoms with van der Waals surface area (Å²) in [4.78, 5) is 0. The summed E-state index contributed by atoms with van der Waals surface area (Å²) in [5.41, 5.74) is 0. The van der Waals surface area contributed by atoms with E-state index < -0.39 is 148 Å². The minimum Gasteiger partial charge on any atom is -0.394 e. The lowest BCUT2D eigenvalue weighted by Gasteiger charge is -2.48. The molecule has 24 heteroatoms. The summed E-state index contributed by atoms with van der Waals surface area (Å²) < 4.78 is 31.4. The van der Waals surface area contributed by atoms with Gasteiger partial charge in [0.15, 0.2) is 24.8 Å². The largest absolute Gasteiger partial charge is 0.394 e.